The Balaban J connectivity index is 1.48. The molecule has 0 aromatic heterocycles. The maximum atomic E-state index is 14.0. The molecule has 4 N–H and O–H groups in total. The van der Waals surface area contributed by atoms with Crippen molar-refractivity contribution in [3.63, 3.8) is 0 Å². The monoisotopic (exact) mass is 779 g/mol. The largest absolute Gasteiger partial charge is 0.459 e. The number of carbonyl (C=O) groups is 5. The summed E-state index contributed by atoms with van der Waals surface area (Å²) in [4.78, 5) is 67.3. The van der Waals surface area contributed by atoms with Crippen LogP contribution in [0.4, 0.5) is 14.4 Å². The minimum absolute atomic E-state index is 0.0131. The van der Waals surface area contributed by atoms with Crippen LogP contribution in [0.25, 0.3) is 0 Å². The molecule has 0 heterocycles. The number of esters is 1. The molecule has 0 aliphatic carbocycles. The quantitative estimate of drug-likeness (QED) is 0.0419. The van der Waals surface area contributed by atoms with Gasteiger partial charge in [-0.1, -0.05) is 121 Å². The first-order valence-electron chi connectivity index (χ1n) is 18.4. The number of hydrogen-bond donors (Lipinski definition) is 4. The average Bonchev–Trinajstić information content (AvgIpc) is 3.20. The number of benzene rings is 4. The first kappa shape index (κ1) is 43.0. The molecule has 2 atom stereocenters. The Morgan fingerprint density at radius 2 is 1.09 bits per heavy atom. The van der Waals surface area contributed by atoms with Gasteiger partial charge in [0.25, 0.3) is 0 Å². The summed E-state index contributed by atoms with van der Waals surface area (Å²) in [6.45, 7) is 4.58. The Bertz CT molecular complexity index is 1910. The van der Waals surface area contributed by atoms with Gasteiger partial charge in [-0.05, 0) is 55.9 Å². The highest BCUT2D eigenvalue weighted by Crippen LogP contribution is 2.12. The van der Waals surface area contributed by atoms with E-state index in [0.717, 1.165) is 21.6 Å². The zero-order chi connectivity index (χ0) is 41.0. The van der Waals surface area contributed by atoms with Crippen LogP contribution in [-0.2, 0) is 54.8 Å². The van der Waals surface area contributed by atoms with Gasteiger partial charge in [-0.2, -0.15) is 0 Å². The van der Waals surface area contributed by atoms with Crippen LogP contribution in [0.15, 0.2) is 121 Å². The molecular formula is C43H49N5O9. The van der Waals surface area contributed by atoms with E-state index >= 15 is 0 Å². The van der Waals surface area contributed by atoms with Crippen molar-refractivity contribution in [3.8, 4) is 0 Å². The Labute approximate surface area is 332 Å². The van der Waals surface area contributed by atoms with Crippen molar-refractivity contribution in [1.82, 2.24) is 20.9 Å². The average molecular weight is 780 g/mol. The third-order valence-electron chi connectivity index (χ3n) is 8.12. The lowest BCUT2D eigenvalue weighted by Crippen LogP contribution is -2.53. The summed E-state index contributed by atoms with van der Waals surface area (Å²) in [7, 11) is 0. The standard InChI is InChI=1S/C43H49N5O9/c1-43(2,3)57-41(52)46-35(37(49)45-36(27-31-17-8-4-9-18-31)38(50)54-28-32-19-10-5-11-20-32)25-16-26-48(42(53)56-30-34-23-14-7-15-24-34)39(44)47-40(51)55-29-33-21-12-6-13-22-33/h4-15,17-24,35-36H,16,25-30H2,1-3H3,(H,45,49)(H,46,52)(H2,44,47,51). The van der Waals surface area contributed by atoms with Gasteiger partial charge in [-0.3, -0.25) is 15.5 Å². The maximum Gasteiger partial charge on any atom is 0.416 e. The first-order chi connectivity index (χ1) is 27.4. The molecule has 14 heteroatoms. The van der Waals surface area contributed by atoms with Crippen molar-refractivity contribution in [1.29, 1.82) is 5.41 Å². The molecule has 4 amide bonds. The summed E-state index contributed by atoms with van der Waals surface area (Å²) >= 11 is 0. The first-order valence-corrected chi connectivity index (χ1v) is 18.4. The van der Waals surface area contributed by atoms with Crippen LogP contribution in [0.5, 0.6) is 0 Å². The summed E-state index contributed by atoms with van der Waals surface area (Å²) in [5.74, 6) is -2.02. The van der Waals surface area contributed by atoms with Crippen molar-refractivity contribution in [2.45, 2.75) is 77.5 Å². The molecule has 4 aromatic rings. The number of hydrogen-bond acceptors (Lipinski definition) is 10. The zero-order valence-electron chi connectivity index (χ0n) is 32.3. The van der Waals surface area contributed by atoms with E-state index in [2.05, 4.69) is 16.0 Å². The molecule has 0 saturated carbocycles. The smallest absolute Gasteiger partial charge is 0.416 e. The molecule has 0 fully saturated rings. The van der Waals surface area contributed by atoms with Crippen molar-refractivity contribution in [3.05, 3.63) is 144 Å². The molecule has 0 saturated heterocycles. The van der Waals surface area contributed by atoms with E-state index in [9.17, 15) is 24.0 Å². The van der Waals surface area contributed by atoms with Crippen LogP contribution < -0.4 is 16.0 Å². The van der Waals surface area contributed by atoms with Crippen LogP contribution in [0, 0.1) is 5.41 Å². The normalized spacial score (nSPS) is 11.8. The second-order valence-corrected chi connectivity index (χ2v) is 13.9. The number of nitrogens with one attached hydrogen (secondary N) is 4. The number of guanidine groups is 1. The van der Waals surface area contributed by atoms with Gasteiger partial charge < -0.3 is 29.6 Å². The van der Waals surface area contributed by atoms with Crippen LogP contribution in [0.2, 0.25) is 0 Å². The van der Waals surface area contributed by atoms with Gasteiger partial charge in [0.05, 0.1) is 0 Å². The lowest BCUT2D eigenvalue weighted by molar-refractivity contribution is -0.149. The summed E-state index contributed by atoms with van der Waals surface area (Å²) in [6, 6.07) is 33.6. The van der Waals surface area contributed by atoms with Gasteiger partial charge in [0.15, 0.2) is 0 Å². The second kappa shape index (κ2) is 22.0. The molecule has 57 heavy (non-hydrogen) atoms. The van der Waals surface area contributed by atoms with Gasteiger partial charge in [0.2, 0.25) is 11.9 Å². The summed E-state index contributed by atoms with van der Waals surface area (Å²) in [5.41, 5.74) is 2.04. The maximum absolute atomic E-state index is 14.0. The van der Waals surface area contributed by atoms with Gasteiger partial charge >= 0.3 is 24.2 Å². The summed E-state index contributed by atoms with van der Waals surface area (Å²) in [6.07, 6.45) is -2.78. The molecule has 14 nitrogen and oxygen atoms in total. The Morgan fingerprint density at radius 1 is 0.614 bits per heavy atom. The van der Waals surface area contributed by atoms with Crippen molar-refractivity contribution < 1.29 is 42.9 Å². The Kier molecular flexibility index (Phi) is 16.6. The number of ether oxygens (including phenoxy) is 4. The number of rotatable bonds is 16. The van der Waals surface area contributed by atoms with E-state index in [1.54, 1.807) is 69.3 Å². The molecule has 0 aliphatic heterocycles. The number of alkyl carbamates (subject to hydrolysis) is 2. The molecule has 0 bridgehead atoms. The minimum Gasteiger partial charge on any atom is -0.459 e. The molecule has 0 spiro atoms. The number of nitrogens with zero attached hydrogens (tertiary/aromatic N) is 1. The van der Waals surface area contributed by atoms with Crippen molar-refractivity contribution in [2.24, 2.45) is 0 Å². The van der Waals surface area contributed by atoms with Gasteiger partial charge in [-0.25, -0.2) is 24.1 Å². The van der Waals surface area contributed by atoms with Gasteiger partial charge in [0, 0.05) is 13.0 Å². The zero-order valence-corrected chi connectivity index (χ0v) is 32.3. The molecule has 4 aromatic carbocycles. The van der Waals surface area contributed by atoms with E-state index in [4.69, 9.17) is 24.4 Å². The number of carbonyl (C=O) groups excluding carboxylic acids is 5. The van der Waals surface area contributed by atoms with Crippen molar-refractivity contribution >= 4 is 36.1 Å². The number of amides is 4. The fourth-order valence-electron chi connectivity index (χ4n) is 5.33. The molecular weight excluding hydrogens is 730 g/mol. The third kappa shape index (κ3) is 15.9. The summed E-state index contributed by atoms with van der Waals surface area (Å²) in [5, 5.41) is 16.2. The fourth-order valence-corrected chi connectivity index (χ4v) is 5.33. The Hall–Kier alpha value is -6.70. The van der Waals surface area contributed by atoms with Crippen LogP contribution in [-0.4, -0.2) is 65.2 Å². The summed E-state index contributed by atoms with van der Waals surface area (Å²) < 4.78 is 21.7. The molecule has 0 radical (unpaired) electrons. The third-order valence-corrected chi connectivity index (χ3v) is 8.12. The lowest BCUT2D eigenvalue weighted by Gasteiger charge is -2.26. The van der Waals surface area contributed by atoms with E-state index < -0.39 is 53.8 Å². The van der Waals surface area contributed by atoms with E-state index in [-0.39, 0.29) is 45.6 Å². The predicted molar refractivity (Wildman–Crippen MR) is 212 cm³/mol. The molecule has 2 unspecified atom stereocenters. The SMILES string of the molecule is CC(C)(C)OC(=O)NC(CCCN(C(=N)NC(=O)OCc1ccccc1)C(=O)OCc1ccccc1)C(=O)NC(Cc1ccccc1)C(=O)OCc1ccccc1. The Morgan fingerprint density at radius 3 is 1.60 bits per heavy atom. The highest BCUT2D eigenvalue weighted by atomic mass is 16.6. The highest BCUT2D eigenvalue weighted by Gasteiger charge is 2.30. The van der Waals surface area contributed by atoms with Crippen LogP contribution in [0.3, 0.4) is 0 Å². The van der Waals surface area contributed by atoms with Gasteiger partial charge in [0.1, 0.15) is 37.5 Å². The molecule has 300 valence electrons. The van der Waals surface area contributed by atoms with Crippen molar-refractivity contribution in [2.75, 3.05) is 6.54 Å². The van der Waals surface area contributed by atoms with Crippen LogP contribution >= 0.6 is 0 Å². The second-order valence-electron chi connectivity index (χ2n) is 13.9. The topological polar surface area (TPSA) is 185 Å². The van der Waals surface area contributed by atoms with E-state index in [1.807, 2.05) is 72.8 Å². The molecule has 0 aliphatic rings. The fraction of sp³-hybridized carbons (Fsp3) is 0.302. The van der Waals surface area contributed by atoms with E-state index in [0.29, 0.717) is 5.56 Å². The molecule has 4 rings (SSSR count). The van der Waals surface area contributed by atoms with Crippen LogP contribution in [0.1, 0.15) is 55.9 Å². The highest BCUT2D eigenvalue weighted by molar-refractivity contribution is 5.99. The van der Waals surface area contributed by atoms with E-state index in [1.165, 1.54) is 0 Å². The lowest BCUT2D eigenvalue weighted by atomic mass is 10.0. The minimum atomic E-state index is -1.26. The van der Waals surface area contributed by atoms with Gasteiger partial charge in [-0.15, -0.1) is 0 Å². The predicted octanol–water partition coefficient (Wildman–Crippen LogP) is 6.63.